The summed E-state index contributed by atoms with van der Waals surface area (Å²) >= 11 is 0. The molecule has 0 aliphatic heterocycles. The summed E-state index contributed by atoms with van der Waals surface area (Å²) in [6.45, 7) is 10.8. The van der Waals surface area contributed by atoms with E-state index in [1.165, 1.54) is 36.9 Å². The van der Waals surface area contributed by atoms with E-state index in [9.17, 15) is 0 Å². The summed E-state index contributed by atoms with van der Waals surface area (Å²) in [5.41, 5.74) is 2.82. The second kappa shape index (κ2) is 6.57. The molecule has 0 saturated heterocycles. The van der Waals surface area contributed by atoms with Gasteiger partial charge in [-0.15, -0.1) is 0 Å². The number of pyridine rings is 1. The normalized spacial score (nSPS) is 16.6. The summed E-state index contributed by atoms with van der Waals surface area (Å²) < 4.78 is 0. The van der Waals surface area contributed by atoms with Crippen molar-refractivity contribution < 1.29 is 0 Å². The van der Waals surface area contributed by atoms with Crippen LogP contribution in [0.3, 0.4) is 0 Å². The monoisotopic (exact) mass is 275 g/mol. The third kappa shape index (κ3) is 3.95. The molecule has 112 valence electrons. The Hall–Kier alpha value is -1.09. The number of hydrogen-bond acceptors (Lipinski definition) is 3. The lowest BCUT2D eigenvalue weighted by molar-refractivity contribution is 0.423. The van der Waals surface area contributed by atoms with Crippen molar-refractivity contribution in [2.24, 2.45) is 0 Å². The molecule has 1 aliphatic rings. The van der Waals surface area contributed by atoms with Crippen molar-refractivity contribution in [3.8, 4) is 0 Å². The lowest BCUT2D eigenvalue weighted by atomic mass is 10.1. The molecule has 0 bridgehead atoms. The predicted molar refractivity (Wildman–Crippen MR) is 86.1 cm³/mol. The van der Waals surface area contributed by atoms with E-state index >= 15 is 0 Å². The van der Waals surface area contributed by atoms with Gasteiger partial charge < -0.3 is 10.2 Å². The standard InChI is InChI=1S/C17H29N3/c1-5-20(15-8-6-7-9-15)16-10-11-18-12-14(16)13-19-17(2,3)4/h10-12,15,19H,5-9,13H2,1-4H3. The lowest BCUT2D eigenvalue weighted by Crippen LogP contribution is -2.37. The van der Waals surface area contributed by atoms with Gasteiger partial charge in [0.05, 0.1) is 0 Å². The van der Waals surface area contributed by atoms with Crippen LogP contribution in [0.15, 0.2) is 18.5 Å². The molecule has 1 aromatic rings. The largest absolute Gasteiger partial charge is 0.368 e. The zero-order valence-electron chi connectivity index (χ0n) is 13.4. The summed E-state index contributed by atoms with van der Waals surface area (Å²) in [5.74, 6) is 0. The summed E-state index contributed by atoms with van der Waals surface area (Å²) in [6, 6.07) is 2.90. The summed E-state index contributed by atoms with van der Waals surface area (Å²) in [4.78, 5) is 6.90. The molecule has 1 aromatic heterocycles. The second-order valence-corrected chi connectivity index (χ2v) is 6.83. The van der Waals surface area contributed by atoms with Gasteiger partial charge in [-0.05, 0) is 46.6 Å². The molecular formula is C17H29N3. The zero-order chi connectivity index (χ0) is 14.6. The van der Waals surface area contributed by atoms with Gasteiger partial charge in [-0.2, -0.15) is 0 Å². The first kappa shape index (κ1) is 15.3. The van der Waals surface area contributed by atoms with Crippen molar-refractivity contribution in [3.05, 3.63) is 24.0 Å². The van der Waals surface area contributed by atoms with E-state index in [0.29, 0.717) is 0 Å². The van der Waals surface area contributed by atoms with Gasteiger partial charge in [-0.1, -0.05) is 12.8 Å². The van der Waals surface area contributed by atoms with Crippen molar-refractivity contribution in [2.45, 2.75) is 71.5 Å². The average molecular weight is 275 g/mol. The van der Waals surface area contributed by atoms with Crippen molar-refractivity contribution in [1.82, 2.24) is 10.3 Å². The molecule has 2 rings (SSSR count). The fraction of sp³-hybridized carbons (Fsp3) is 0.706. The third-order valence-electron chi connectivity index (χ3n) is 4.10. The van der Waals surface area contributed by atoms with E-state index in [1.54, 1.807) is 0 Å². The fourth-order valence-corrected chi connectivity index (χ4v) is 3.04. The average Bonchev–Trinajstić information content (AvgIpc) is 2.91. The Labute approximate surface area is 123 Å². The minimum absolute atomic E-state index is 0.136. The molecule has 0 radical (unpaired) electrons. The van der Waals surface area contributed by atoms with Crippen LogP contribution in [-0.2, 0) is 6.54 Å². The van der Waals surface area contributed by atoms with Gasteiger partial charge in [0, 0.05) is 48.3 Å². The molecule has 3 heteroatoms. The van der Waals surface area contributed by atoms with Crippen LogP contribution in [0.1, 0.15) is 58.9 Å². The van der Waals surface area contributed by atoms with Gasteiger partial charge in [0.2, 0.25) is 0 Å². The molecule has 1 saturated carbocycles. The maximum atomic E-state index is 4.32. The van der Waals surface area contributed by atoms with Crippen LogP contribution in [-0.4, -0.2) is 23.1 Å². The van der Waals surface area contributed by atoms with Gasteiger partial charge >= 0.3 is 0 Å². The van der Waals surface area contributed by atoms with Gasteiger partial charge in [-0.25, -0.2) is 0 Å². The maximum Gasteiger partial charge on any atom is 0.0445 e. The molecule has 20 heavy (non-hydrogen) atoms. The Bertz CT molecular complexity index is 416. The first-order valence-electron chi connectivity index (χ1n) is 7.96. The number of rotatable bonds is 5. The van der Waals surface area contributed by atoms with Crippen LogP contribution in [0.4, 0.5) is 5.69 Å². The lowest BCUT2D eigenvalue weighted by Gasteiger charge is -2.32. The zero-order valence-corrected chi connectivity index (χ0v) is 13.4. The van der Waals surface area contributed by atoms with Crippen LogP contribution in [0.5, 0.6) is 0 Å². The third-order valence-corrected chi connectivity index (χ3v) is 4.10. The second-order valence-electron chi connectivity index (χ2n) is 6.83. The van der Waals surface area contributed by atoms with Crippen molar-refractivity contribution in [1.29, 1.82) is 0 Å². The molecule has 0 aromatic carbocycles. The summed E-state index contributed by atoms with van der Waals surface area (Å²) in [5, 5.41) is 3.58. The van der Waals surface area contributed by atoms with E-state index in [-0.39, 0.29) is 5.54 Å². The molecule has 1 fully saturated rings. The van der Waals surface area contributed by atoms with Gasteiger partial charge in [0.25, 0.3) is 0 Å². The molecule has 0 unspecified atom stereocenters. The Morgan fingerprint density at radius 1 is 1.30 bits per heavy atom. The van der Waals surface area contributed by atoms with Crippen LogP contribution in [0, 0.1) is 0 Å². The minimum atomic E-state index is 0.136. The molecule has 0 amide bonds. The number of aromatic nitrogens is 1. The minimum Gasteiger partial charge on any atom is -0.368 e. The Morgan fingerprint density at radius 3 is 2.60 bits per heavy atom. The van der Waals surface area contributed by atoms with Gasteiger partial charge in [0.1, 0.15) is 0 Å². The summed E-state index contributed by atoms with van der Waals surface area (Å²) in [7, 11) is 0. The highest BCUT2D eigenvalue weighted by Crippen LogP contribution is 2.30. The number of hydrogen-bond donors (Lipinski definition) is 1. The van der Waals surface area contributed by atoms with E-state index < -0.39 is 0 Å². The number of anilines is 1. The Kier molecular flexibility index (Phi) is 5.03. The van der Waals surface area contributed by atoms with Crippen molar-refractivity contribution in [2.75, 3.05) is 11.4 Å². The smallest absolute Gasteiger partial charge is 0.0445 e. The van der Waals surface area contributed by atoms with Crippen LogP contribution in [0.25, 0.3) is 0 Å². The Balaban J connectivity index is 2.16. The van der Waals surface area contributed by atoms with Gasteiger partial charge in [-0.3, -0.25) is 4.98 Å². The highest BCUT2D eigenvalue weighted by Gasteiger charge is 2.23. The number of nitrogens with zero attached hydrogens (tertiary/aromatic N) is 2. The Morgan fingerprint density at radius 2 is 2.00 bits per heavy atom. The highest BCUT2D eigenvalue weighted by atomic mass is 15.2. The van der Waals surface area contributed by atoms with E-state index in [0.717, 1.165) is 19.1 Å². The first-order valence-corrected chi connectivity index (χ1v) is 7.96. The quantitative estimate of drug-likeness (QED) is 0.887. The van der Waals surface area contributed by atoms with Crippen molar-refractivity contribution >= 4 is 5.69 Å². The molecule has 1 aliphatic carbocycles. The van der Waals surface area contributed by atoms with Crippen LogP contribution in [0.2, 0.25) is 0 Å². The topological polar surface area (TPSA) is 28.2 Å². The molecule has 0 spiro atoms. The van der Waals surface area contributed by atoms with Crippen LogP contribution < -0.4 is 10.2 Å². The van der Waals surface area contributed by atoms with Crippen LogP contribution >= 0.6 is 0 Å². The molecular weight excluding hydrogens is 246 g/mol. The maximum absolute atomic E-state index is 4.32. The fourth-order valence-electron chi connectivity index (χ4n) is 3.04. The number of nitrogens with one attached hydrogen (secondary N) is 1. The first-order chi connectivity index (χ1) is 9.51. The molecule has 3 nitrogen and oxygen atoms in total. The molecule has 1 N–H and O–H groups in total. The summed E-state index contributed by atoms with van der Waals surface area (Å²) in [6.07, 6.45) is 9.37. The van der Waals surface area contributed by atoms with Crippen molar-refractivity contribution in [3.63, 3.8) is 0 Å². The highest BCUT2D eigenvalue weighted by molar-refractivity contribution is 5.53. The predicted octanol–water partition coefficient (Wildman–Crippen LogP) is 3.74. The molecule has 0 atom stereocenters. The SMILES string of the molecule is CCN(c1ccncc1CNC(C)(C)C)C1CCCC1. The van der Waals surface area contributed by atoms with Gasteiger partial charge in [0.15, 0.2) is 0 Å². The van der Waals surface area contributed by atoms with E-state index in [4.69, 9.17) is 0 Å². The van der Waals surface area contributed by atoms with E-state index in [1.807, 2.05) is 12.4 Å². The molecule has 1 heterocycles. The van der Waals surface area contributed by atoms with E-state index in [2.05, 4.69) is 49.0 Å².